The fourth-order valence-corrected chi connectivity index (χ4v) is 9.29. The molecule has 1 saturated carbocycles. The van der Waals surface area contributed by atoms with Crippen LogP contribution in [0.5, 0.6) is 0 Å². The number of anilines is 2. The number of likely N-dealkylation sites (tertiary alicyclic amines) is 1. The lowest BCUT2D eigenvalue weighted by molar-refractivity contribution is -0.128. The second-order valence-corrected chi connectivity index (χ2v) is 14.2. The number of imidazole rings is 1. The van der Waals surface area contributed by atoms with Gasteiger partial charge in [-0.3, -0.25) is 9.69 Å². The number of hydrogen-bond donors (Lipinski definition) is 1. The molecule has 4 aromatic rings. The maximum Gasteiger partial charge on any atom is 0.250 e. The Kier molecular flexibility index (Phi) is 6.97. The Labute approximate surface area is 273 Å². The lowest BCUT2D eigenvalue weighted by Crippen LogP contribution is -2.53. The summed E-state index contributed by atoms with van der Waals surface area (Å²) < 4.78 is 18.7. The van der Waals surface area contributed by atoms with E-state index in [1.165, 1.54) is 24.9 Å². The number of aryl methyl sites for hydroxylation is 1. The van der Waals surface area contributed by atoms with Crippen molar-refractivity contribution in [2.24, 2.45) is 5.92 Å². The van der Waals surface area contributed by atoms with Gasteiger partial charge in [-0.15, -0.1) is 0 Å². The van der Waals surface area contributed by atoms with E-state index in [1.807, 2.05) is 24.3 Å². The van der Waals surface area contributed by atoms with Crippen molar-refractivity contribution in [3.8, 4) is 0 Å². The molecule has 5 aliphatic rings. The summed E-state index contributed by atoms with van der Waals surface area (Å²) >= 11 is 12.9. The Balaban J connectivity index is 0.00000300. The second kappa shape index (κ2) is 10.7. The highest BCUT2D eigenvalue weighted by Gasteiger charge is 2.69. The van der Waals surface area contributed by atoms with Crippen molar-refractivity contribution in [3.05, 3.63) is 87.4 Å². The Morgan fingerprint density at radius 2 is 1.80 bits per heavy atom. The molecule has 9 heteroatoms. The average Bonchev–Trinajstić information content (AvgIpc) is 3.62. The molecule has 234 valence electrons. The smallest absolute Gasteiger partial charge is 0.250 e. The summed E-state index contributed by atoms with van der Waals surface area (Å²) in [5, 5.41) is 3.81. The van der Waals surface area contributed by atoms with Crippen LogP contribution in [0.4, 0.5) is 15.8 Å². The molecule has 1 spiro atoms. The third-order valence-corrected chi connectivity index (χ3v) is 11.5. The van der Waals surface area contributed by atoms with Crippen molar-refractivity contribution in [2.45, 2.75) is 75.9 Å². The standard InChI is InChI=1S/C35H34Cl2FN5O.CH4/c36-21-9-11-24-26(17-21)40-34(44)35(24)31(23-5-4-6-25(37)32(23)38)30-29(43(35)19-20-7-8-20)13-16-42-28-12-10-22(18-27(28)39-33(30)42)41-14-2-1-3-15-41;/h4-6,9-12,17-18,20,29-31H,1-3,7-8,13-16,19H2,(H,40,44);1H4/t29-,30+,31-,35+;/m0./s1. The molecule has 4 aliphatic heterocycles. The molecule has 0 unspecified atom stereocenters. The third-order valence-electron chi connectivity index (χ3n) is 11.0. The van der Waals surface area contributed by atoms with Gasteiger partial charge >= 0.3 is 0 Å². The molecule has 1 aromatic heterocycles. The van der Waals surface area contributed by atoms with E-state index in [9.17, 15) is 4.79 Å². The van der Waals surface area contributed by atoms with E-state index in [0.717, 1.165) is 67.9 Å². The number of benzene rings is 3. The predicted molar refractivity (Wildman–Crippen MR) is 179 cm³/mol. The van der Waals surface area contributed by atoms with Gasteiger partial charge in [0.05, 0.1) is 16.1 Å². The summed E-state index contributed by atoms with van der Waals surface area (Å²) in [4.78, 5) is 24.9. The molecule has 9 rings (SSSR count). The summed E-state index contributed by atoms with van der Waals surface area (Å²) in [6, 6.07) is 17.5. The van der Waals surface area contributed by atoms with E-state index >= 15 is 4.39 Å². The number of amides is 1. The lowest BCUT2D eigenvalue weighted by atomic mass is 9.70. The van der Waals surface area contributed by atoms with E-state index in [-0.39, 0.29) is 30.3 Å². The second-order valence-electron chi connectivity index (χ2n) is 13.4. The monoisotopic (exact) mass is 645 g/mol. The van der Waals surface area contributed by atoms with Crippen molar-refractivity contribution in [1.29, 1.82) is 0 Å². The van der Waals surface area contributed by atoms with Gasteiger partial charge < -0.3 is 14.8 Å². The van der Waals surface area contributed by atoms with Crippen LogP contribution in [0.2, 0.25) is 10.0 Å². The van der Waals surface area contributed by atoms with Crippen molar-refractivity contribution >= 4 is 51.5 Å². The van der Waals surface area contributed by atoms with Crippen LogP contribution in [0, 0.1) is 11.7 Å². The zero-order valence-corrected chi connectivity index (χ0v) is 25.9. The fourth-order valence-electron chi connectivity index (χ4n) is 8.93. The van der Waals surface area contributed by atoms with Crippen molar-refractivity contribution < 1.29 is 9.18 Å². The predicted octanol–water partition coefficient (Wildman–Crippen LogP) is 8.32. The van der Waals surface area contributed by atoms with Crippen LogP contribution >= 0.6 is 23.2 Å². The number of halogens is 3. The molecule has 1 amide bonds. The average molecular weight is 647 g/mol. The van der Waals surface area contributed by atoms with E-state index in [4.69, 9.17) is 28.2 Å². The number of piperidine rings is 1. The molecular formula is C36H38Cl2FN5O. The first-order valence-corrected chi connectivity index (χ1v) is 16.8. The minimum Gasteiger partial charge on any atom is -0.371 e. The van der Waals surface area contributed by atoms with Crippen LogP contribution in [-0.4, -0.2) is 46.0 Å². The normalized spacial score (nSPS) is 27.3. The van der Waals surface area contributed by atoms with Gasteiger partial charge in [-0.2, -0.15) is 0 Å². The van der Waals surface area contributed by atoms with Crippen LogP contribution < -0.4 is 10.2 Å². The fraction of sp³-hybridized carbons (Fsp3) is 0.444. The van der Waals surface area contributed by atoms with Crippen LogP contribution in [-0.2, 0) is 16.9 Å². The number of carbonyl (C=O) groups is 1. The van der Waals surface area contributed by atoms with Crippen LogP contribution in [0.3, 0.4) is 0 Å². The maximum absolute atomic E-state index is 16.3. The molecule has 5 heterocycles. The van der Waals surface area contributed by atoms with Crippen molar-refractivity contribution in [1.82, 2.24) is 14.5 Å². The van der Waals surface area contributed by atoms with Gasteiger partial charge in [-0.05, 0) is 86.4 Å². The van der Waals surface area contributed by atoms with Crippen LogP contribution in [0.15, 0.2) is 54.6 Å². The number of rotatable bonds is 4. The number of hydrogen-bond acceptors (Lipinski definition) is 4. The molecule has 3 aromatic carbocycles. The molecule has 4 atom stereocenters. The van der Waals surface area contributed by atoms with E-state index in [2.05, 4.69) is 37.9 Å². The molecule has 3 fully saturated rings. The highest BCUT2D eigenvalue weighted by Crippen LogP contribution is 2.64. The quantitative estimate of drug-likeness (QED) is 0.242. The molecule has 45 heavy (non-hydrogen) atoms. The van der Waals surface area contributed by atoms with Gasteiger partial charge in [-0.1, -0.05) is 48.8 Å². The minimum atomic E-state index is -1.12. The Hall–Kier alpha value is -3.13. The Bertz CT molecular complexity index is 1830. The van der Waals surface area contributed by atoms with Crippen LogP contribution in [0.25, 0.3) is 11.0 Å². The molecule has 1 N–H and O–H groups in total. The number of carbonyl (C=O) groups excluding carboxylic acids is 1. The molecule has 6 nitrogen and oxygen atoms in total. The van der Waals surface area contributed by atoms with Gasteiger partial charge in [-0.25, -0.2) is 9.37 Å². The van der Waals surface area contributed by atoms with Crippen molar-refractivity contribution in [3.63, 3.8) is 0 Å². The lowest BCUT2D eigenvalue weighted by Gasteiger charge is -2.40. The summed E-state index contributed by atoms with van der Waals surface area (Å²) in [6.07, 6.45) is 6.84. The minimum absolute atomic E-state index is 0. The van der Waals surface area contributed by atoms with Gasteiger partial charge in [0.15, 0.2) is 0 Å². The van der Waals surface area contributed by atoms with Crippen molar-refractivity contribution in [2.75, 3.05) is 29.9 Å². The molecular weight excluding hydrogens is 608 g/mol. The van der Waals surface area contributed by atoms with Gasteiger partial charge in [0, 0.05) is 66.0 Å². The summed E-state index contributed by atoms with van der Waals surface area (Å²) in [5.41, 5.74) is 4.19. The summed E-state index contributed by atoms with van der Waals surface area (Å²) in [5.74, 6) is 0.126. The Morgan fingerprint density at radius 3 is 2.60 bits per heavy atom. The first-order valence-electron chi connectivity index (χ1n) is 16.0. The summed E-state index contributed by atoms with van der Waals surface area (Å²) in [7, 11) is 0. The number of nitrogens with zero attached hydrogens (tertiary/aromatic N) is 4. The molecule has 0 bridgehead atoms. The third kappa shape index (κ3) is 4.23. The zero-order chi connectivity index (χ0) is 29.7. The Morgan fingerprint density at radius 1 is 0.978 bits per heavy atom. The van der Waals surface area contributed by atoms with Gasteiger partial charge in [0.1, 0.15) is 17.2 Å². The van der Waals surface area contributed by atoms with E-state index in [0.29, 0.717) is 22.2 Å². The molecule has 1 aliphatic carbocycles. The highest BCUT2D eigenvalue weighted by molar-refractivity contribution is 6.31. The van der Waals surface area contributed by atoms with Gasteiger partial charge in [0.2, 0.25) is 5.91 Å². The summed E-state index contributed by atoms with van der Waals surface area (Å²) in [6.45, 7) is 3.72. The van der Waals surface area contributed by atoms with E-state index < -0.39 is 17.3 Å². The zero-order valence-electron chi connectivity index (χ0n) is 24.4. The largest absolute Gasteiger partial charge is 0.371 e. The first-order chi connectivity index (χ1) is 21.4. The van der Waals surface area contributed by atoms with Gasteiger partial charge in [0.25, 0.3) is 0 Å². The number of fused-ring (bicyclic) bond motifs is 7. The highest BCUT2D eigenvalue weighted by atomic mass is 35.5. The number of nitrogens with one attached hydrogen (secondary N) is 1. The van der Waals surface area contributed by atoms with E-state index in [1.54, 1.807) is 12.1 Å². The molecule has 2 saturated heterocycles. The SMILES string of the molecule is C.O=C1Nc2cc(Cl)ccc2[C@@]12[C@@H](c1cccc(Cl)c1F)[C@@H]1c3nc4cc(N5CCCCC5)ccc4n3CC[C@@H]1N2CC1CC1. The van der Waals surface area contributed by atoms with Crippen LogP contribution in [0.1, 0.15) is 74.7 Å². The first kappa shape index (κ1) is 29.3. The maximum atomic E-state index is 16.3. The molecule has 0 radical (unpaired) electrons. The number of aromatic nitrogens is 2. The topological polar surface area (TPSA) is 53.4 Å².